The van der Waals surface area contributed by atoms with Gasteiger partial charge in [0.1, 0.15) is 17.6 Å². The second-order valence-electron chi connectivity index (χ2n) is 8.83. The smallest absolute Gasteiger partial charge is 0.416 e. The van der Waals surface area contributed by atoms with Crippen LogP contribution in [0.1, 0.15) is 29.5 Å². The molecule has 0 aromatic heterocycles. The lowest BCUT2D eigenvalue weighted by Gasteiger charge is -2.35. The van der Waals surface area contributed by atoms with Gasteiger partial charge in [-0.05, 0) is 60.5 Å². The summed E-state index contributed by atoms with van der Waals surface area (Å²) in [6.45, 7) is -0.228. The molecule has 0 unspecified atom stereocenters. The van der Waals surface area contributed by atoms with E-state index in [0.29, 0.717) is 28.0 Å². The second-order valence-corrected chi connectivity index (χ2v) is 11.1. The lowest BCUT2D eigenvalue weighted by atomic mass is 10.1. The first-order chi connectivity index (χ1) is 18.9. The van der Waals surface area contributed by atoms with Crippen LogP contribution in [0.15, 0.2) is 65.6 Å². The van der Waals surface area contributed by atoms with Gasteiger partial charge in [0.15, 0.2) is 0 Å². The Morgan fingerprint density at radius 1 is 1.10 bits per heavy atom. The van der Waals surface area contributed by atoms with E-state index in [-0.39, 0.29) is 30.8 Å². The Balaban J connectivity index is 1.76. The van der Waals surface area contributed by atoms with Gasteiger partial charge in [-0.25, -0.2) is 8.42 Å². The molecule has 1 atom stereocenters. The summed E-state index contributed by atoms with van der Waals surface area (Å²) in [6, 6.07) is 13.5. The molecule has 0 radical (unpaired) electrons. The Hall–Kier alpha value is -3.70. The maximum Gasteiger partial charge on any atom is 0.416 e. The van der Waals surface area contributed by atoms with Gasteiger partial charge in [-0.2, -0.15) is 13.2 Å². The molecule has 0 aliphatic carbocycles. The van der Waals surface area contributed by atoms with Crippen LogP contribution >= 0.6 is 11.6 Å². The molecule has 40 heavy (non-hydrogen) atoms. The standard InChI is InChI=1S/C28H25ClF3NO6S/c1-37-25-8-4-7-23(29)22(25)12-9-18-10-13-26-24(15-18)33(17-20(39-26)11-14-27(34)38-2)40(35,36)21-6-3-5-19(16-21)28(30,31)32/h3-10,12-13,15-16,20H,11,14,17H2,1-2H3/b12-9+/t20-/m0/s1. The number of carbonyl (C=O) groups is 1. The molecular formula is C28H25ClF3NO6S. The van der Waals surface area contributed by atoms with Crippen molar-refractivity contribution < 1.29 is 40.6 Å². The molecule has 3 aromatic carbocycles. The lowest BCUT2D eigenvalue weighted by molar-refractivity contribution is -0.141. The number of ether oxygens (including phenoxy) is 3. The first-order valence-corrected chi connectivity index (χ1v) is 13.8. The molecule has 0 N–H and O–H groups in total. The van der Waals surface area contributed by atoms with Gasteiger partial charge in [0, 0.05) is 12.0 Å². The van der Waals surface area contributed by atoms with Gasteiger partial charge in [0.2, 0.25) is 0 Å². The summed E-state index contributed by atoms with van der Waals surface area (Å²) in [7, 11) is -1.73. The van der Waals surface area contributed by atoms with E-state index in [1.54, 1.807) is 48.6 Å². The Kier molecular flexibility index (Phi) is 8.65. The number of anilines is 1. The number of hydrogen-bond donors (Lipinski definition) is 0. The van der Waals surface area contributed by atoms with Crippen LogP contribution in [0.4, 0.5) is 18.9 Å². The number of methoxy groups -OCH3 is 2. The average Bonchev–Trinajstić information content (AvgIpc) is 2.94. The SMILES string of the molecule is COC(=O)CC[C@H]1CN(S(=O)(=O)c2cccc(C(F)(F)F)c2)c2cc(/C=C/c3c(Cl)cccc3OC)ccc2O1. The number of carbonyl (C=O) groups excluding carboxylic acids is 1. The summed E-state index contributed by atoms with van der Waals surface area (Å²) in [5, 5.41) is 0.444. The van der Waals surface area contributed by atoms with Crippen molar-refractivity contribution in [2.45, 2.75) is 30.0 Å². The predicted molar refractivity (Wildman–Crippen MR) is 145 cm³/mol. The van der Waals surface area contributed by atoms with Crippen LogP contribution in [0.2, 0.25) is 5.02 Å². The monoisotopic (exact) mass is 595 g/mol. The summed E-state index contributed by atoms with van der Waals surface area (Å²) in [4.78, 5) is 11.2. The molecule has 0 fully saturated rings. The number of hydrogen-bond acceptors (Lipinski definition) is 6. The summed E-state index contributed by atoms with van der Waals surface area (Å²) in [6.07, 6.45) is -1.97. The molecule has 0 bridgehead atoms. The van der Waals surface area contributed by atoms with Gasteiger partial charge >= 0.3 is 12.1 Å². The highest BCUT2D eigenvalue weighted by Gasteiger charge is 2.37. The summed E-state index contributed by atoms with van der Waals surface area (Å²) in [5.74, 6) is 0.230. The van der Waals surface area contributed by atoms with Gasteiger partial charge in [0.25, 0.3) is 10.0 Å². The number of sulfonamides is 1. The molecule has 7 nitrogen and oxygen atoms in total. The second kappa shape index (κ2) is 11.8. The molecule has 12 heteroatoms. The topological polar surface area (TPSA) is 82.1 Å². The minimum Gasteiger partial charge on any atom is -0.496 e. The third-order valence-electron chi connectivity index (χ3n) is 6.24. The van der Waals surface area contributed by atoms with Crippen LogP contribution in [0.3, 0.4) is 0 Å². The fraction of sp³-hybridized carbons (Fsp3) is 0.250. The molecule has 0 saturated heterocycles. The fourth-order valence-corrected chi connectivity index (χ4v) is 5.96. The van der Waals surface area contributed by atoms with E-state index in [2.05, 4.69) is 4.74 Å². The van der Waals surface area contributed by atoms with E-state index in [1.165, 1.54) is 14.2 Å². The molecule has 0 amide bonds. The van der Waals surface area contributed by atoms with Crippen molar-refractivity contribution in [3.8, 4) is 11.5 Å². The Labute approximate surface area is 234 Å². The Morgan fingerprint density at radius 3 is 2.55 bits per heavy atom. The van der Waals surface area contributed by atoms with Crippen LogP contribution in [-0.2, 0) is 25.7 Å². The largest absolute Gasteiger partial charge is 0.496 e. The Bertz CT molecular complexity index is 1540. The number of halogens is 4. The van der Waals surface area contributed by atoms with Crippen molar-refractivity contribution in [2.24, 2.45) is 0 Å². The van der Waals surface area contributed by atoms with E-state index in [9.17, 15) is 26.4 Å². The molecule has 1 heterocycles. The van der Waals surface area contributed by atoms with Crippen molar-refractivity contribution in [1.29, 1.82) is 0 Å². The number of fused-ring (bicyclic) bond motifs is 1. The highest BCUT2D eigenvalue weighted by molar-refractivity contribution is 7.92. The van der Waals surface area contributed by atoms with E-state index in [0.717, 1.165) is 22.5 Å². The number of rotatable bonds is 8. The van der Waals surface area contributed by atoms with Gasteiger partial charge in [-0.1, -0.05) is 35.9 Å². The van der Waals surface area contributed by atoms with Crippen molar-refractivity contribution in [1.82, 2.24) is 0 Å². The quantitative estimate of drug-likeness (QED) is 0.220. The zero-order chi connectivity index (χ0) is 29.1. The van der Waals surface area contributed by atoms with E-state index in [1.807, 2.05) is 0 Å². The van der Waals surface area contributed by atoms with Gasteiger partial charge < -0.3 is 14.2 Å². The first-order valence-electron chi connectivity index (χ1n) is 12.0. The number of benzene rings is 3. The third kappa shape index (κ3) is 6.37. The molecule has 0 saturated carbocycles. The summed E-state index contributed by atoms with van der Waals surface area (Å²) in [5.41, 5.74) is 0.230. The molecule has 3 aromatic rings. The van der Waals surface area contributed by atoms with Crippen LogP contribution in [0.5, 0.6) is 11.5 Å². The molecule has 212 valence electrons. The molecular weight excluding hydrogens is 571 g/mol. The van der Waals surface area contributed by atoms with Gasteiger partial charge in [-0.3, -0.25) is 9.10 Å². The van der Waals surface area contributed by atoms with Gasteiger partial charge in [0.05, 0.1) is 41.9 Å². The van der Waals surface area contributed by atoms with Crippen LogP contribution in [-0.4, -0.2) is 41.3 Å². The Morgan fingerprint density at radius 2 is 1.85 bits per heavy atom. The van der Waals surface area contributed by atoms with Crippen LogP contribution < -0.4 is 13.8 Å². The zero-order valence-electron chi connectivity index (χ0n) is 21.4. The highest BCUT2D eigenvalue weighted by atomic mass is 35.5. The maximum atomic E-state index is 13.7. The maximum absolute atomic E-state index is 13.7. The van der Waals surface area contributed by atoms with Gasteiger partial charge in [-0.15, -0.1) is 0 Å². The normalized spacial score (nSPS) is 15.4. The minimum absolute atomic E-state index is 0.0333. The van der Waals surface area contributed by atoms with Crippen LogP contribution in [0.25, 0.3) is 12.2 Å². The summed E-state index contributed by atoms with van der Waals surface area (Å²) >= 11 is 6.31. The number of nitrogens with zero attached hydrogens (tertiary/aromatic N) is 1. The zero-order valence-corrected chi connectivity index (χ0v) is 23.0. The lowest BCUT2D eigenvalue weighted by Crippen LogP contribution is -2.43. The number of esters is 1. The molecule has 1 aliphatic rings. The van der Waals surface area contributed by atoms with E-state index in [4.69, 9.17) is 21.1 Å². The summed E-state index contributed by atoms with van der Waals surface area (Å²) < 4.78 is 84.6. The molecule has 1 aliphatic heterocycles. The predicted octanol–water partition coefficient (Wildman–Crippen LogP) is 6.45. The van der Waals surface area contributed by atoms with E-state index >= 15 is 0 Å². The molecule has 4 rings (SSSR count). The number of alkyl halides is 3. The van der Waals surface area contributed by atoms with E-state index < -0.39 is 38.7 Å². The van der Waals surface area contributed by atoms with Crippen LogP contribution in [0, 0.1) is 0 Å². The third-order valence-corrected chi connectivity index (χ3v) is 8.34. The first kappa shape index (κ1) is 29.3. The van der Waals surface area contributed by atoms with Crippen molar-refractivity contribution in [2.75, 3.05) is 25.1 Å². The van der Waals surface area contributed by atoms with Crippen molar-refractivity contribution in [3.05, 3.63) is 82.4 Å². The van der Waals surface area contributed by atoms with Crippen molar-refractivity contribution >= 4 is 45.4 Å². The average molecular weight is 596 g/mol. The fourth-order valence-electron chi connectivity index (χ4n) is 4.19. The highest BCUT2D eigenvalue weighted by Crippen LogP contribution is 2.40. The minimum atomic E-state index is -4.73. The van der Waals surface area contributed by atoms with Crippen molar-refractivity contribution in [3.63, 3.8) is 0 Å². The molecule has 0 spiro atoms.